The van der Waals surface area contributed by atoms with E-state index in [-0.39, 0.29) is 0 Å². The molecule has 0 saturated carbocycles. The standard InChI is InChI=1S/C16H22N2S/c17-12-8-13-5-6-14(9-12)18(13)10-15-7-11-3-1-2-4-16(11)19-15/h1-4,12-15H,5-10,17H2. The molecule has 3 heterocycles. The van der Waals surface area contributed by atoms with Crippen LogP contribution in [0, 0.1) is 0 Å². The van der Waals surface area contributed by atoms with Crippen molar-refractivity contribution >= 4 is 11.8 Å². The lowest BCUT2D eigenvalue weighted by Crippen LogP contribution is -2.49. The second-order valence-corrected chi connectivity index (χ2v) is 7.71. The van der Waals surface area contributed by atoms with Crippen molar-refractivity contribution in [3.05, 3.63) is 29.8 Å². The Morgan fingerprint density at radius 2 is 1.89 bits per heavy atom. The lowest BCUT2D eigenvalue weighted by atomic mass is 9.97. The van der Waals surface area contributed by atoms with Crippen molar-refractivity contribution in [3.8, 4) is 0 Å². The molecule has 19 heavy (non-hydrogen) atoms. The molecule has 0 radical (unpaired) electrons. The molecule has 0 spiro atoms. The summed E-state index contributed by atoms with van der Waals surface area (Å²) in [6.07, 6.45) is 6.45. The molecule has 3 atom stereocenters. The lowest BCUT2D eigenvalue weighted by Gasteiger charge is -2.38. The molecule has 2 bridgehead atoms. The van der Waals surface area contributed by atoms with Gasteiger partial charge in [0.1, 0.15) is 0 Å². The van der Waals surface area contributed by atoms with E-state index in [0.29, 0.717) is 6.04 Å². The molecule has 1 aromatic rings. The number of thioether (sulfide) groups is 1. The van der Waals surface area contributed by atoms with Crippen LogP contribution >= 0.6 is 11.8 Å². The molecule has 2 N–H and O–H groups in total. The van der Waals surface area contributed by atoms with Crippen molar-refractivity contribution in [2.75, 3.05) is 6.54 Å². The van der Waals surface area contributed by atoms with Crippen molar-refractivity contribution < 1.29 is 0 Å². The summed E-state index contributed by atoms with van der Waals surface area (Å²) in [4.78, 5) is 4.29. The zero-order valence-corrected chi connectivity index (χ0v) is 12.1. The van der Waals surface area contributed by atoms with E-state index < -0.39 is 0 Å². The smallest absolute Gasteiger partial charge is 0.0263 e. The third-order valence-corrected chi connectivity index (χ3v) is 6.35. The van der Waals surface area contributed by atoms with Crippen LogP contribution in [0.3, 0.4) is 0 Å². The normalized spacial score (nSPS) is 37.5. The van der Waals surface area contributed by atoms with Gasteiger partial charge in [0.15, 0.2) is 0 Å². The summed E-state index contributed by atoms with van der Waals surface area (Å²) in [5.74, 6) is 0. The molecule has 3 aliphatic rings. The average Bonchev–Trinajstić information content (AvgIpc) is 2.90. The van der Waals surface area contributed by atoms with Gasteiger partial charge in [-0.15, -0.1) is 11.8 Å². The van der Waals surface area contributed by atoms with Gasteiger partial charge < -0.3 is 5.73 Å². The van der Waals surface area contributed by atoms with E-state index in [2.05, 4.69) is 40.9 Å². The summed E-state index contributed by atoms with van der Waals surface area (Å²) in [5, 5.41) is 0.759. The van der Waals surface area contributed by atoms with Crippen LogP contribution in [-0.4, -0.2) is 34.8 Å². The van der Waals surface area contributed by atoms with Crippen LogP contribution in [-0.2, 0) is 6.42 Å². The quantitative estimate of drug-likeness (QED) is 0.899. The fraction of sp³-hybridized carbons (Fsp3) is 0.625. The second kappa shape index (κ2) is 4.80. The minimum Gasteiger partial charge on any atom is -0.328 e. The van der Waals surface area contributed by atoms with E-state index in [1.165, 1.54) is 43.5 Å². The van der Waals surface area contributed by atoms with Gasteiger partial charge in [-0.25, -0.2) is 0 Å². The van der Waals surface area contributed by atoms with E-state index in [4.69, 9.17) is 5.73 Å². The number of hydrogen-bond donors (Lipinski definition) is 1. The fourth-order valence-electron chi connectivity index (χ4n) is 4.21. The first kappa shape index (κ1) is 12.2. The van der Waals surface area contributed by atoms with Crippen molar-refractivity contribution in [1.29, 1.82) is 0 Å². The molecule has 4 rings (SSSR count). The molecule has 0 aromatic heterocycles. The van der Waals surface area contributed by atoms with Gasteiger partial charge in [0.05, 0.1) is 0 Å². The van der Waals surface area contributed by atoms with Gasteiger partial charge in [-0.1, -0.05) is 18.2 Å². The van der Waals surface area contributed by atoms with E-state index in [1.807, 2.05) is 0 Å². The second-order valence-electron chi connectivity index (χ2n) is 6.36. The van der Waals surface area contributed by atoms with Crippen LogP contribution < -0.4 is 5.73 Å². The maximum absolute atomic E-state index is 6.16. The van der Waals surface area contributed by atoms with Crippen LogP contribution in [0.4, 0.5) is 0 Å². The van der Waals surface area contributed by atoms with Gasteiger partial charge in [0, 0.05) is 34.8 Å². The number of piperidine rings is 1. The largest absolute Gasteiger partial charge is 0.328 e. The number of benzene rings is 1. The number of rotatable bonds is 2. The van der Waals surface area contributed by atoms with Crippen LogP contribution in [0.2, 0.25) is 0 Å². The minimum absolute atomic E-state index is 0.460. The highest BCUT2D eigenvalue weighted by atomic mass is 32.2. The van der Waals surface area contributed by atoms with E-state index >= 15 is 0 Å². The minimum atomic E-state index is 0.460. The van der Waals surface area contributed by atoms with Gasteiger partial charge >= 0.3 is 0 Å². The zero-order valence-electron chi connectivity index (χ0n) is 11.3. The van der Waals surface area contributed by atoms with Gasteiger partial charge in [-0.3, -0.25) is 4.90 Å². The Labute approximate surface area is 119 Å². The summed E-state index contributed by atoms with van der Waals surface area (Å²) in [6.45, 7) is 1.27. The number of nitrogens with zero attached hydrogens (tertiary/aromatic N) is 1. The average molecular weight is 274 g/mol. The van der Waals surface area contributed by atoms with E-state index in [0.717, 1.165) is 17.3 Å². The van der Waals surface area contributed by atoms with Crippen LogP contribution in [0.5, 0.6) is 0 Å². The predicted octanol–water partition coefficient (Wildman–Crippen LogP) is 2.66. The first-order chi connectivity index (χ1) is 9.29. The summed E-state index contributed by atoms with van der Waals surface area (Å²) in [6, 6.07) is 10.9. The van der Waals surface area contributed by atoms with E-state index in [9.17, 15) is 0 Å². The first-order valence-electron chi connectivity index (χ1n) is 7.55. The molecule has 3 heteroatoms. The summed E-state index contributed by atoms with van der Waals surface area (Å²) in [5.41, 5.74) is 7.72. The van der Waals surface area contributed by atoms with Gasteiger partial charge in [0.25, 0.3) is 0 Å². The molecular formula is C16H22N2S. The number of fused-ring (bicyclic) bond motifs is 3. The third kappa shape index (κ3) is 2.22. The Bertz CT molecular complexity index is 437. The third-order valence-electron chi connectivity index (χ3n) is 5.05. The summed E-state index contributed by atoms with van der Waals surface area (Å²) in [7, 11) is 0. The molecule has 3 unspecified atom stereocenters. The molecule has 102 valence electrons. The Morgan fingerprint density at radius 1 is 1.16 bits per heavy atom. The first-order valence-corrected chi connectivity index (χ1v) is 8.43. The Balaban J connectivity index is 1.44. The Kier molecular flexibility index (Phi) is 3.09. The molecule has 2 fully saturated rings. The topological polar surface area (TPSA) is 29.3 Å². The Morgan fingerprint density at radius 3 is 2.63 bits per heavy atom. The molecule has 2 nitrogen and oxygen atoms in total. The molecule has 1 aromatic carbocycles. The lowest BCUT2D eigenvalue weighted by molar-refractivity contribution is 0.129. The predicted molar refractivity (Wildman–Crippen MR) is 80.5 cm³/mol. The molecule has 2 saturated heterocycles. The maximum Gasteiger partial charge on any atom is 0.0263 e. The molecule has 0 amide bonds. The van der Waals surface area contributed by atoms with Crippen molar-refractivity contribution in [3.63, 3.8) is 0 Å². The van der Waals surface area contributed by atoms with Crippen molar-refractivity contribution in [1.82, 2.24) is 4.90 Å². The zero-order chi connectivity index (χ0) is 12.8. The summed E-state index contributed by atoms with van der Waals surface area (Å²) >= 11 is 2.09. The Hall–Kier alpha value is -0.510. The number of hydrogen-bond acceptors (Lipinski definition) is 3. The molecule has 0 aliphatic carbocycles. The highest BCUT2D eigenvalue weighted by Gasteiger charge is 2.40. The van der Waals surface area contributed by atoms with Gasteiger partial charge in [-0.05, 0) is 43.7 Å². The highest BCUT2D eigenvalue weighted by molar-refractivity contribution is 8.00. The van der Waals surface area contributed by atoms with Crippen LogP contribution in [0.15, 0.2) is 29.2 Å². The number of nitrogens with two attached hydrogens (primary N) is 1. The SMILES string of the molecule is NC1CC2CCC(C1)N2CC1Cc2ccccc2S1. The van der Waals surface area contributed by atoms with Gasteiger partial charge in [-0.2, -0.15) is 0 Å². The molecule has 3 aliphatic heterocycles. The van der Waals surface area contributed by atoms with Gasteiger partial charge in [0.2, 0.25) is 0 Å². The monoisotopic (exact) mass is 274 g/mol. The molecular weight excluding hydrogens is 252 g/mol. The highest BCUT2D eigenvalue weighted by Crippen LogP contribution is 2.41. The van der Waals surface area contributed by atoms with Crippen molar-refractivity contribution in [2.24, 2.45) is 5.73 Å². The fourth-order valence-corrected chi connectivity index (χ4v) is 5.53. The van der Waals surface area contributed by atoms with E-state index in [1.54, 1.807) is 5.56 Å². The van der Waals surface area contributed by atoms with Crippen LogP contribution in [0.25, 0.3) is 0 Å². The van der Waals surface area contributed by atoms with Crippen molar-refractivity contribution in [2.45, 2.75) is 60.4 Å². The summed E-state index contributed by atoms with van der Waals surface area (Å²) < 4.78 is 0. The maximum atomic E-state index is 6.16. The van der Waals surface area contributed by atoms with Crippen LogP contribution in [0.1, 0.15) is 31.2 Å².